The molecule has 0 aliphatic carbocycles. The largest absolute Gasteiger partial charge is 0.507 e. The number of hydrogen-bond donors (Lipinski definition) is 1. The highest BCUT2D eigenvalue weighted by Crippen LogP contribution is 2.26. The summed E-state index contributed by atoms with van der Waals surface area (Å²) in [5.41, 5.74) is 0.696. The summed E-state index contributed by atoms with van der Waals surface area (Å²) in [6, 6.07) is 8.43. The Labute approximate surface area is 145 Å². The Hall–Kier alpha value is -4.01. The first-order chi connectivity index (χ1) is 12.5. The van der Waals surface area contributed by atoms with Gasteiger partial charge in [0.25, 0.3) is 5.69 Å². The van der Waals surface area contributed by atoms with Gasteiger partial charge in [-0.1, -0.05) is 0 Å². The van der Waals surface area contributed by atoms with Crippen LogP contribution in [0, 0.1) is 10.1 Å². The van der Waals surface area contributed by atoms with E-state index in [2.05, 4.69) is 10.1 Å². The maximum atomic E-state index is 12.6. The molecule has 0 radical (unpaired) electrons. The zero-order chi connectivity index (χ0) is 18.3. The minimum atomic E-state index is -0.638. The Morgan fingerprint density at radius 2 is 2.12 bits per heavy atom. The molecule has 26 heavy (non-hydrogen) atoms. The van der Waals surface area contributed by atoms with E-state index in [1.807, 2.05) is 0 Å². The predicted octanol–water partition coefficient (Wildman–Crippen LogP) is 2.83. The van der Waals surface area contributed by atoms with E-state index in [9.17, 15) is 20.0 Å². The van der Waals surface area contributed by atoms with Gasteiger partial charge >= 0.3 is 0 Å². The van der Waals surface area contributed by atoms with E-state index in [0.29, 0.717) is 17.1 Å². The second-order valence-electron chi connectivity index (χ2n) is 5.44. The van der Waals surface area contributed by atoms with Crippen molar-refractivity contribution >= 4 is 17.1 Å². The summed E-state index contributed by atoms with van der Waals surface area (Å²) in [5, 5.41) is 25.1. The molecule has 9 nitrogen and oxygen atoms in total. The smallest absolute Gasteiger partial charge is 0.270 e. The van der Waals surface area contributed by atoms with E-state index in [1.54, 1.807) is 18.2 Å². The van der Waals surface area contributed by atoms with Crippen molar-refractivity contribution < 1.29 is 19.2 Å². The minimum Gasteiger partial charge on any atom is -0.507 e. The van der Waals surface area contributed by atoms with E-state index >= 15 is 0 Å². The number of carbonyl (C=O) groups excluding carboxylic acids is 1. The van der Waals surface area contributed by atoms with E-state index in [0.717, 1.165) is 18.2 Å². The molecule has 0 fully saturated rings. The number of fused-ring (bicyclic) bond motifs is 1. The fourth-order valence-corrected chi connectivity index (χ4v) is 2.51. The summed E-state index contributed by atoms with van der Waals surface area (Å²) in [5.74, 6) is -0.396. The highest BCUT2D eigenvalue weighted by Gasteiger charge is 2.19. The summed E-state index contributed by atoms with van der Waals surface area (Å²) < 4.78 is 6.68. The molecular formula is C17H10N4O5. The molecule has 0 bridgehead atoms. The van der Waals surface area contributed by atoms with Crippen molar-refractivity contribution in [3.63, 3.8) is 0 Å². The number of benzene rings is 1. The van der Waals surface area contributed by atoms with Gasteiger partial charge in [-0.05, 0) is 18.2 Å². The number of nitro groups is 1. The van der Waals surface area contributed by atoms with Crippen molar-refractivity contribution in [1.82, 2.24) is 14.6 Å². The second-order valence-corrected chi connectivity index (χ2v) is 5.44. The lowest BCUT2D eigenvalue weighted by Crippen LogP contribution is -2.05. The lowest BCUT2D eigenvalue weighted by atomic mass is 10.0. The quantitative estimate of drug-likeness (QED) is 0.341. The van der Waals surface area contributed by atoms with Gasteiger partial charge in [-0.15, -0.1) is 0 Å². The normalized spacial score (nSPS) is 10.9. The van der Waals surface area contributed by atoms with Gasteiger partial charge in [0, 0.05) is 30.6 Å². The van der Waals surface area contributed by atoms with E-state index in [4.69, 9.17) is 4.42 Å². The lowest BCUT2D eigenvalue weighted by molar-refractivity contribution is -0.384. The molecule has 3 heterocycles. The number of non-ortho nitro benzene ring substituents is 1. The Kier molecular flexibility index (Phi) is 3.47. The lowest BCUT2D eigenvalue weighted by Gasteiger charge is -2.04. The molecular weight excluding hydrogens is 340 g/mol. The molecule has 0 saturated carbocycles. The molecule has 0 unspecified atom stereocenters. The van der Waals surface area contributed by atoms with Crippen LogP contribution in [0.15, 0.2) is 59.5 Å². The molecule has 0 aliphatic heterocycles. The third kappa shape index (κ3) is 2.57. The number of phenols is 1. The van der Waals surface area contributed by atoms with Crippen LogP contribution in [0.1, 0.15) is 15.9 Å². The second kappa shape index (κ2) is 5.81. The average molecular weight is 350 g/mol. The average Bonchev–Trinajstić information content (AvgIpc) is 3.29. The van der Waals surface area contributed by atoms with Gasteiger partial charge in [-0.2, -0.15) is 5.10 Å². The van der Waals surface area contributed by atoms with Crippen molar-refractivity contribution in [2.75, 3.05) is 0 Å². The van der Waals surface area contributed by atoms with Crippen LogP contribution in [0.4, 0.5) is 5.69 Å². The SMILES string of the molecule is O=C(c1cnc2cc(-c3ccco3)nn2c1)c1cc([N+](=O)[O-])ccc1O. The predicted molar refractivity (Wildman–Crippen MR) is 88.9 cm³/mol. The molecule has 0 spiro atoms. The Balaban J connectivity index is 1.76. The molecule has 4 aromatic rings. The molecule has 128 valence electrons. The maximum Gasteiger partial charge on any atom is 0.270 e. The number of ketones is 1. The van der Waals surface area contributed by atoms with Crippen molar-refractivity contribution in [1.29, 1.82) is 0 Å². The molecule has 0 atom stereocenters. The van der Waals surface area contributed by atoms with Crippen molar-refractivity contribution in [3.05, 3.63) is 76.3 Å². The zero-order valence-electron chi connectivity index (χ0n) is 13.1. The van der Waals surface area contributed by atoms with Crippen molar-refractivity contribution in [3.8, 4) is 17.2 Å². The fraction of sp³-hybridized carbons (Fsp3) is 0. The maximum absolute atomic E-state index is 12.6. The van der Waals surface area contributed by atoms with Crippen molar-refractivity contribution in [2.45, 2.75) is 0 Å². The summed E-state index contributed by atoms with van der Waals surface area (Å²) in [7, 11) is 0. The number of hydrogen-bond acceptors (Lipinski definition) is 7. The van der Waals surface area contributed by atoms with Gasteiger partial charge in [0.1, 0.15) is 11.4 Å². The van der Waals surface area contributed by atoms with Crippen LogP contribution in [-0.4, -0.2) is 30.4 Å². The molecule has 9 heteroatoms. The van der Waals surface area contributed by atoms with Crippen LogP contribution < -0.4 is 0 Å². The topological polar surface area (TPSA) is 124 Å². The molecule has 0 saturated heterocycles. The molecule has 0 amide bonds. The van der Waals surface area contributed by atoms with Crippen LogP contribution in [0.2, 0.25) is 0 Å². The number of aromatic hydroxyl groups is 1. The Morgan fingerprint density at radius 1 is 1.27 bits per heavy atom. The van der Waals surface area contributed by atoms with E-state index in [1.165, 1.54) is 23.2 Å². The molecule has 3 aromatic heterocycles. The summed E-state index contributed by atoms with van der Waals surface area (Å²) in [6.45, 7) is 0. The fourth-order valence-electron chi connectivity index (χ4n) is 2.51. The standard InChI is InChI=1S/C17H10N4O5/c22-14-4-3-11(21(24)25)6-12(14)17(23)10-8-18-16-7-13(19-20(16)9-10)15-2-1-5-26-15/h1-9,22H. The van der Waals surface area contributed by atoms with Crippen LogP contribution >= 0.6 is 0 Å². The zero-order valence-corrected chi connectivity index (χ0v) is 13.1. The van der Waals surface area contributed by atoms with Crippen LogP contribution in [-0.2, 0) is 0 Å². The summed E-state index contributed by atoms with van der Waals surface area (Å²) in [6.07, 6.45) is 4.28. The van der Waals surface area contributed by atoms with Gasteiger partial charge in [0.15, 0.2) is 17.2 Å². The molecule has 0 aliphatic rings. The monoisotopic (exact) mass is 350 g/mol. The first-order valence-electron chi connectivity index (χ1n) is 7.44. The van der Waals surface area contributed by atoms with E-state index < -0.39 is 10.7 Å². The Morgan fingerprint density at radius 3 is 2.85 bits per heavy atom. The number of rotatable bonds is 4. The number of aromatic nitrogens is 3. The van der Waals surface area contributed by atoms with Gasteiger partial charge < -0.3 is 9.52 Å². The molecule has 1 aromatic carbocycles. The molecule has 4 rings (SSSR count). The van der Waals surface area contributed by atoms with Gasteiger partial charge in [0.2, 0.25) is 0 Å². The first kappa shape index (κ1) is 15.5. The highest BCUT2D eigenvalue weighted by molar-refractivity contribution is 6.10. The number of furan rings is 1. The number of nitrogens with zero attached hydrogens (tertiary/aromatic N) is 4. The van der Waals surface area contributed by atoms with Crippen LogP contribution in [0.5, 0.6) is 5.75 Å². The van der Waals surface area contributed by atoms with Crippen LogP contribution in [0.25, 0.3) is 17.1 Å². The first-order valence-corrected chi connectivity index (χ1v) is 7.44. The van der Waals surface area contributed by atoms with Gasteiger partial charge in [0.05, 0.1) is 22.3 Å². The van der Waals surface area contributed by atoms with Gasteiger partial charge in [-0.3, -0.25) is 14.9 Å². The number of nitro benzene ring substituents is 1. The summed E-state index contributed by atoms with van der Waals surface area (Å²) >= 11 is 0. The molecule has 1 N–H and O–H groups in total. The Bertz CT molecular complexity index is 1150. The van der Waals surface area contributed by atoms with Crippen molar-refractivity contribution in [2.24, 2.45) is 0 Å². The summed E-state index contributed by atoms with van der Waals surface area (Å²) in [4.78, 5) is 27.1. The van der Waals surface area contributed by atoms with E-state index in [-0.39, 0.29) is 22.6 Å². The third-order valence-electron chi connectivity index (χ3n) is 3.78. The highest BCUT2D eigenvalue weighted by atomic mass is 16.6. The van der Waals surface area contributed by atoms with Crippen LogP contribution in [0.3, 0.4) is 0 Å². The minimum absolute atomic E-state index is 0.127. The van der Waals surface area contributed by atoms with Gasteiger partial charge in [-0.25, -0.2) is 9.50 Å². The number of phenolic OH excluding ortho intramolecular Hbond substituents is 1. The number of carbonyl (C=O) groups is 1. The third-order valence-corrected chi connectivity index (χ3v) is 3.78.